The second-order valence-corrected chi connectivity index (χ2v) is 4.23. The average Bonchev–Trinajstić information content (AvgIpc) is 2.97. The van der Waals surface area contributed by atoms with Gasteiger partial charge >= 0.3 is 0 Å². The first-order valence-corrected chi connectivity index (χ1v) is 5.74. The fraction of sp³-hybridized carbons (Fsp3) is 0.417. The molecule has 2 aliphatic heterocycles. The summed E-state index contributed by atoms with van der Waals surface area (Å²) in [5.74, 6) is 1.28. The third kappa shape index (κ3) is 2.06. The molecule has 0 aromatic heterocycles. The largest absolute Gasteiger partial charge is 0.454 e. The van der Waals surface area contributed by atoms with Crippen LogP contribution in [-0.4, -0.2) is 31.8 Å². The molecule has 0 radical (unpaired) electrons. The quantitative estimate of drug-likeness (QED) is 0.782. The maximum Gasteiger partial charge on any atom is 0.251 e. The Morgan fingerprint density at radius 1 is 1.35 bits per heavy atom. The molecule has 3 rings (SSSR count). The lowest BCUT2D eigenvalue weighted by Gasteiger charge is -2.11. The summed E-state index contributed by atoms with van der Waals surface area (Å²) in [6.45, 7) is 2.04. The lowest BCUT2D eigenvalue weighted by Crippen LogP contribution is -2.36. The maximum atomic E-state index is 12.0. The molecule has 0 saturated carbocycles. The van der Waals surface area contributed by atoms with Crippen molar-refractivity contribution in [2.45, 2.75) is 12.5 Å². The zero-order valence-electron chi connectivity index (χ0n) is 9.36. The molecule has 2 heterocycles. The lowest BCUT2D eigenvalue weighted by molar-refractivity contribution is 0.0939. The molecule has 5 nitrogen and oxygen atoms in total. The molecule has 0 unspecified atom stereocenters. The highest BCUT2D eigenvalue weighted by Crippen LogP contribution is 2.32. The van der Waals surface area contributed by atoms with Crippen LogP contribution in [0.1, 0.15) is 16.8 Å². The van der Waals surface area contributed by atoms with Crippen molar-refractivity contribution in [2.75, 3.05) is 19.9 Å². The highest BCUT2D eigenvalue weighted by atomic mass is 16.7. The van der Waals surface area contributed by atoms with Crippen LogP contribution in [0.2, 0.25) is 0 Å². The summed E-state index contributed by atoms with van der Waals surface area (Å²) < 4.78 is 10.4. The minimum atomic E-state index is -0.0583. The van der Waals surface area contributed by atoms with Crippen molar-refractivity contribution in [3.63, 3.8) is 0 Å². The predicted octanol–water partition coefficient (Wildman–Crippen LogP) is 0.507. The van der Waals surface area contributed by atoms with Gasteiger partial charge < -0.3 is 20.1 Å². The molecular weight excluding hydrogens is 220 g/mol. The molecule has 5 heteroatoms. The number of hydrogen-bond donors (Lipinski definition) is 2. The molecule has 0 spiro atoms. The summed E-state index contributed by atoms with van der Waals surface area (Å²) in [5, 5.41) is 6.20. The topological polar surface area (TPSA) is 59.6 Å². The Balaban J connectivity index is 1.72. The summed E-state index contributed by atoms with van der Waals surface area (Å²) >= 11 is 0. The number of benzene rings is 1. The minimum absolute atomic E-state index is 0.0583. The predicted molar refractivity (Wildman–Crippen MR) is 61.3 cm³/mol. The molecule has 1 atom stereocenters. The second-order valence-electron chi connectivity index (χ2n) is 4.23. The fourth-order valence-corrected chi connectivity index (χ4v) is 2.08. The first-order chi connectivity index (χ1) is 8.33. The Morgan fingerprint density at radius 3 is 3.06 bits per heavy atom. The monoisotopic (exact) mass is 234 g/mol. The molecule has 0 aliphatic carbocycles. The van der Waals surface area contributed by atoms with Crippen molar-refractivity contribution in [3.05, 3.63) is 23.8 Å². The zero-order chi connectivity index (χ0) is 11.7. The van der Waals surface area contributed by atoms with Crippen LogP contribution in [0, 0.1) is 0 Å². The standard InChI is InChI=1S/C12H14N2O3/c15-12(14-9-3-4-13-6-9)8-1-2-10-11(5-8)17-7-16-10/h1-2,5,9,13H,3-4,6-7H2,(H,14,15)/t9-/m0/s1. The van der Waals surface area contributed by atoms with Crippen LogP contribution >= 0.6 is 0 Å². The molecular formula is C12H14N2O3. The van der Waals surface area contributed by atoms with Crippen LogP contribution in [0.5, 0.6) is 11.5 Å². The summed E-state index contributed by atoms with van der Waals surface area (Å²) in [6.07, 6.45) is 0.982. The highest BCUT2D eigenvalue weighted by molar-refractivity contribution is 5.95. The van der Waals surface area contributed by atoms with E-state index >= 15 is 0 Å². The third-order valence-corrected chi connectivity index (χ3v) is 3.03. The van der Waals surface area contributed by atoms with Gasteiger partial charge in [0.15, 0.2) is 11.5 Å². The van der Waals surface area contributed by atoms with Gasteiger partial charge in [-0.05, 0) is 31.2 Å². The van der Waals surface area contributed by atoms with Crippen molar-refractivity contribution >= 4 is 5.91 Å². The summed E-state index contributed by atoms with van der Waals surface area (Å²) in [4.78, 5) is 12.0. The molecule has 90 valence electrons. The number of nitrogens with one attached hydrogen (secondary N) is 2. The van der Waals surface area contributed by atoms with Gasteiger partial charge in [-0.15, -0.1) is 0 Å². The van der Waals surface area contributed by atoms with E-state index in [0.29, 0.717) is 17.1 Å². The van der Waals surface area contributed by atoms with Crippen molar-refractivity contribution in [2.24, 2.45) is 0 Å². The van der Waals surface area contributed by atoms with Gasteiger partial charge in [-0.3, -0.25) is 4.79 Å². The number of carbonyl (C=O) groups excluding carboxylic acids is 1. The number of rotatable bonds is 2. The number of amides is 1. The van der Waals surface area contributed by atoms with Crippen LogP contribution in [0.4, 0.5) is 0 Å². The van der Waals surface area contributed by atoms with E-state index < -0.39 is 0 Å². The molecule has 1 aromatic rings. The lowest BCUT2D eigenvalue weighted by atomic mass is 10.1. The Kier molecular flexibility index (Phi) is 2.60. The van der Waals surface area contributed by atoms with Crippen LogP contribution < -0.4 is 20.1 Å². The molecule has 2 N–H and O–H groups in total. The van der Waals surface area contributed by atoms with Gasteiger partial charge in [0.1, 0.15) is 0 Å². The Labute approximate surface area is 99.1 Å². The summed E-state index contributed by atoms with van der Waals surface area (Å²) in [5.41, 5.74) is 0.612. The van der Waals surface area contributed by atoms with Crippen molar-refractivity contribution < 1.29 is 14.3 Å². The van der Waals surface area contributed by atoms with Gasteiger partial charge in [0.2, 0.25) is 6.79 Å². The Hall–Kier alpha value is -1.75. The van der Waals surface area contributed by atoms with Gasteiger partial charge in [0.25, 0.3) is 5.91 Å². The first-order valence-electron chi connectivity index (χ1n) is 5.74. The highest BCUT2D eigenvalue weighted by Gasteiger charge is 2.20. The molecule has 0 bridgehead atoms. The Morgan fingerprint density at radius 2 is 2.24 bits per heavy atom. The molecule has 1 saturated heterocycles. The normalized spacial score (nSPS) is 21.5. The van der Waals surface area contributed by atoms with E-state index in [9.17, 15) is 4.79 Å². The van der Waals surface area contributed by atoms with E-state index in [1.54, 1.807) is 18.2 Å². The van der Waals surface area contributed by atoms with Crippen LogP contribution in [0.15, 0.2) is 18.2 Å². The Bertz CT molecular complexity index is 441. The number of fused-ring (bicyclic) bond motifs is 1. The minimum Gasteiger partial charge on any atom is -0.454 e. The SMILES string of the molecule is O=C(N[C@H]1CCNC1)c1ccc2c(c1)OCO2. The number of hydrogen-bond acceptors (Lipinski definition) is 4. The van der Waals surface area contributed by atoms with Gasteiger partial charge in [-0.25, -0.2) is 0 Å². The summed E-state index contributed by atoms with van der Waals surface area (Å²) in [6, 6.07) is 5.48. The van der Waals surface area contributed by atoms with E-state index in [-0.39, 0.29) is 18.7 Å². The van der Waals surface area contributed by atoms with Gasteiger partial charge in [-0.1, -0.05) is 0 Å². The number of carbonyl (C=O) groups is 1. The van der Waals surface area contributed by atoms with Crippen LogP contribution in [0.3, 0.4) is 0 Å². The van der Waals surface area contributed by atoms with E-state index in [0.717, 1.165) is 19.5 Å². The van der Waals surface area contributed by atoms with Gasteiger partial charge in [0.05, 0.1) is 0 Å². The van der Waals surface area contributed by atoms with E-state index in [4.69, 9.17) is 9.47 Å². The molecule has 1 aromatic carbocycles. The second kappa shape index (κ2) is 4.25. The van der Waals surface area contributed by atoms with Gasteiger partial charge in [-0.2, -0.15) is 0 Å². The zero-order valence-corrected chi connectivity index (χ0v) is 9.36. The average molecular weight is 234 g/mol. The molecule has 2 aliphatic rings. The molecule has 1 fully saturated rings. The van der Waals surface area contributed by atoms with Crippen molar-refractivity contribution in [1.82, 2.24) is 10.6 Å². The van der Waals surface area contributed by atoms with E-state index in [1.165, 1.54) is 0 Å². The van der Waals surface area contributed by atoms with Crippen LogP contribution in [-0.2, 0) is 0 Å². The summed E-state index contributed by atoms with van der Waals surface area (Å²) in [7, 11) is 0. The first kappa shape index (κ1) is 10.4. The third-order valence-electron chi connectivity index (χ3n) is 3.03. The number of ether oxygens (including phenoxy) is 2. The smallest absolute Gasteiger partial charge is 0.251 e. The van der Waals surface area contributed by atoms with E-state index in [2.05, 4.69) is 10.6 Å². The molecule has 17 heavy (non-hydrogen) atoms. The maximum absolute atomic E-state index is 12.0. The van der Waals surface area contributed by atoms with E-state index in [1.807, 2.05) is 0 Å². The van der Waals surface area contributed by atoms with Gasteiger partial charge in [0, 0.05) is 18.2 Å². The van der Waals surface area contributed by atoms with Crippen molar-refractivity contribution in [1.29, 1.82) is 0 Å². The van der Waals surface area contributed by atoms with Crippen molar-refractivity contribution in [3.8, 4) is 11.5 Å². The van der Waals surface area contributed by atoms with Crippen LogP contribution in [0.25, 0.3) is 0 Å². The molecule has 1 amide bonds. The fourth-order valence-electron chi connectivity index (χ4n) is 2.08.